The highest BCUT2D eigenvalue weighted by atomic mass is 16.5. The molecule has 0 aliphatic heterocycles. The minimum absolute atomic E-state index is 0.0122. The van der Waals surface area contributed by atoms with Gasteiger partial charge in [-0.25, -0.2) is 0 Å². The van der Waals surface area contributed by atoms with E-state index >= 15 is 0 Å². The van der Waals surface area contributed by atoms with Crippen LogP contribution in [-0.2, 0) is 9.53 Å². The van der Waals surface area contributed by atoms with Crippen LogP contribution >= 0.6 is 0 Å². The van der Waals surface area contributed by atoms with Gasteiger partial charge in [-0.15, -0.1) is 0 Å². The van der Waals surface area contributed by atoms with Gasteiger partial charge in [-0.2, -0.15) is 0 Å². The largest absolute Gasteiger partial charge is 0.466 e. The molecule has 0 N–H and O–H groups in total. The smallest absolute Gasteiger partial charge is 0.309 e. The molecule has 0 aromatic rings. The van der Waals surface area contributed by atoms with E-state index < -0.39 is 0 Å². The zero-order chi connectivity index (χ0) is 12.0. The van der Waals surface area contributed by atoms with Crippen LogP contribution in [0.3, 0.4) is 0 Å². The SMILES string of the molecule is CCOC(=O)C(C)C12CCC(CC1)C2(C)C. The molecule has 0 radical (unpaired) electrons. The number of hydrogen-bond acceptors (Lipinski definition) is 2. The van der Waals surface area contributed by atoms with Crippen LogP contribution in [0.1, 0.15) is 53.4 Å². The molecule has 0 aromatic heterocycles. The van der Waals surface area contributed by atoms with Gasteiger partial charge in [-0.1, -0.05) is 20.8 Å². The van der Waals surface area contributed by atoms with Crippen LogP contribution in [0.2, 0.25) is 0 Å². The van der Waals surface area contributed by atoms with E-state index in [0.717, 1.165) is 5.92 Å². The van der Waals surface area contributed by atoms with Gasteiger partial charge in [-0.3, -0.25) is 4.79 Å². The molecule has 2 bridgehead atoms. The van der Waals surface area contributed by atoms with Crippen LogP contribution in [-0.4, -0.2) is 12.6 Å². The maximum Gasteiger partial charge on any atom is 0.309 e. The van der Waals surface area contributed by atoms with Crippen LogP contribution in [0, 0.1) is 22.7 Å². The zero-order valence-corrected chi connectivity index (χ0v) is 11.0. The van der Waals surface area contributed by atoms with Crippen molar-refractivity contribution in [3.63, 3.8) is 0 Å². The topological polar surface area (TPSA) is 26.3 Å². The first-order chi connectivity index (χ1) is 7.45. The van der Waals surface area contributed by atoms with Crippen LogP contribution in [0.5, 0.6) is 0 Å². The molecule has 0 amide bonds. The lowest BCUT2D eigenvalue weighted by molar-refractivity contribution is -0.155. The van der Waals surface area contributed by atoms with E-state index in [1.165, 1.54) is 25.7 Å². The van der Waals surface area contributed by atoms with E-state index in [-0.39, 0.29) is 17.3 Å². The van der Waals surface area contributed by atoms with E-state index in [1.807, 2.05) is 6.92 Å². The molecule has 1 atom stereocenters. The molecule has 92 valence electrons. The van der Waals surface area contributed by atoms with Crippen LogP contribution in [0.25, 0.3) is 0 Å². The Morgan fingerprint density at radius 1 is 1.38 bits per heavy atom. The second-order valence-corrected chi connectivity index (χ2v) is 6.13. The number of ether oxygens (including phenoxy) is 1. The Labute approximate surface area is 98.7 Å². The van der Waals surface area contributed by atoms with E-state index in [9.17, 15) is 4.79 Å². The van der Waals surface area contributed by atoms with Crippen molar-refractivity contribution in [2.45, 2.75) is 53.4 Å². The summed E-state index contributed by atoms with van der Waals surface area (Å²) in [7, 11) is 0. The van der Waals surface area contributed by atoms with Gasteiger partial charge in [0.2, 0.25) is 0 Å². The van der Waals surface area contributed by atoms with Gasteiger partial charge in [0.25, 0.3) is 0 Å². The third-order valence-corrected chi connectivity index (χ3v) is 5.65. The predicted molar refractivity (Wildman–Crippen MR) is 64.0 cm³/mol. The molecular weight excluding hydrogens is 200 g/mol. The summed E-state index contributed by atoms with van der Waals surface area (Å²) in [6.45, 7) is 9.18. The van der Waals surface area contributed by atoms with Crippen molar-refractivity contribution in [1.29, 1.82) is 0 Å². The fraction of sp³-hybridized carbons (Fsp3) is 0.929. The highest BCUT2D eigenvalue weighted by molar-refractivity contribution is 5.73. The molecule has 1 unspecified atom stereocenters. The van der Waals surface area contributed by atoms with Gasteiger partial charge in [-0.05, 0) is 49.4 Å². The standard InChI is InChI=1S/C14H24O2/c1-5-16-12(15)10(2)14-8-6-11(7-9-14)13(14,3)4/h10-11H,5-9H2,1-4H3. The molecule has 0 saturated heterocycles. The molecule has 0 aromatic carbocycles. The summed E-state index contributed by atoms with van der Waals surface area (Å²) in [4.78, 5) is 12.0. The Morgan fingerprint density at radius 2 is 1.94 bits per heavy atom. The monoisotopic (exact) mass is 224 g/mol. The Morgan fingerprint density at radius 3 is 2.31 bits per heavy atom. The predicted octanol–water partition coefficient (Wildman–Crippen LogP) is 3.40. The number of rotatable bonds is 3. The molecule has 0 heterocycles. The number of carbonyl (C=O) groups is 1. The normalized spacial score (nSPS) is 37.4. The maximum absolute atomic E-state index is 12.0. The average Bonchev–Trinajstić information content (AvgIpc) is 2.65. The number of carbonyl (C=O) groups excluding carboxylic acids is 1. The number of esters is 1. The summed E-state index contributed by atoms with van der Waals surface area (Å²) < 4.78 is 5.22. The lowest BCUT2D eigenvalue weighted by Gasteiger charge is -2.42. The van der Waals surface area contributed by atoms with Crippen molar-refractivity contribution in [2.75, 3.05) is 6.61 Å². The molecule has 2 fully saturated rings. The molecule has 2 saturated carbocycles. The van der Waals surface area contributed by atoms with Crippen molar-refractivity contribution < 1.29 is 9.53 Å². The Kier molecular flexibility index (Phi) is 2.80. The zero-order valence-electron chi connectivity index (χ0n) is 11.0. The quantitative estimate of drug-likeness (QED) is 0.687. The summed E-state index contributed by atoms with van der Waals surface area (Å²) in [5, 5.41) is 0. The summed E-state index contributed by atoms with van der Waals surface area (Å²) in [6.07, 6.45) is 5.03. The average molecular weight is 224 g/mol. The summed E-state index contributed by atoms with van der Waals surface area (Å²) in [5.74, 6) is 0.900. The third kappa shape index (κ3) is 1.34. The van der Waals surface area contributed by atoms with Crippen LogP contribution in [0.4, 0.5) is 0 Å². The highest BCUT2D eigenvalue weighted by Crippen LogP contribution is 2.68. The van der Waals surface area contributed by atoms with Crippen molar-refractivity contribution in [3.05, 3.63) is 0 Å². The minimum Gasteiger partial charge on any atom is -0.466 e. The molecular formula is C14H24O2. The Bertz CT molecular complexity index is 285. The van der Waals surface area contributed by atoms with E-state index in [4.69, 9.17) is 4.74 Å². The molecule has 2 rings (SSSR count). The second-order valence-electron chi connectivity index (χ2n) is 6.13. The first kappa shape index (κ1) is 11.9. The number of fused-ring (bicyclic) bond motifs is 2. The lowest BCUT2D eigenvalue weighted by atomic mass is 9.62. The van der Waals surface area contributed by atoms with Crippen LogP contribution in [0.15, 0.2) is 0 Å². The summed E-state index contributed by atoms with van der Waals surface area (Å²) in [6, 6.07) is 0. The second kappa shape index (κ2) is 3.75. The Balaban J connectivity index is 2.22. The van der Waals surface area contributed by atoms with Crippen molar-refractivity contribution in [3.8, 4) is 0 Å². The molecule has 2 nitrogen and oxygen atoms in total. The van der Waals surface area contributed by atoms with E-state index in [2.05, 4.69) is 20.8 Å². The van der Waals surface area contributed by atoms with Crippen molar-refractivity contribution in [2.24, 2.45) is 22.7 Å². The fourth-order valence-electron chi connectivity index (χ4n) is 4.39. The Hall–Kier alpha value is -0.530. The maximum atomic E-state index is 12.0. The molecule has 2 heteroatoms. The molecule has 0 spiro atoms. The van der Waals surface area contributed by atoms with Gasteiger partial charge in [0.15, 0.2) is 0 Å². The lowest BCUT2D eigenvalue weighted by Crippen LogP contribution is -2.40. The summed E-state index contributed by atoms with van der Waals surface area (Å²) >= 11 is 0. The van der Waals surface area contributed by atoms with E-state index in [0.29, 0.717) is 12.0 Å². The molecule has 2 aliphatic carbocycles. The van der Waals surface area contributed by atoms with Gasteiger partial charge in [0, 0.05) is 0 Å². The fourth-order valence-corrected chi connectivity index (χ4v) is 4.39. The van der Waals surface area contributed by atoms with Crippen molar-refractivity contribution in [1.82, 2.24) is 0 Å². The minimum atomic E-state index is 0.0122. The molecule has 2 aliphatic rings. The van der Waals surface area contributed by atoms with Gasteiger partial charge in [0.05, 0.1) is 12.5 Å². The summed E-state index contributed by atoms with van der Waals surface area (Å²) in [5.41, 5.74) is 0.531. The molecule has 16 heavy (non-hydrogen) atoms. The third-order valence-electron chi connectivity index (χ3n) is 5.65. The van der Waals surface area contributed by atoms with Gasteiger partial charge >= 0.3 is 5.97 Å². The van der Waals surface area contributed by atoms with Crippen molar-refractivity contribution >= 4 is 5.97 Å². The van der Waals surface area contributed by atoms with E-state index in [1.54, 1.807) is 0 Å². The van der Waals surface area contributed by atoms with Crippen LogP contribution < -0.4 is 0 Å². The first-order valence-electron chi connectivity index (χ1n) is 6.62. The van der Waals surface area contributed by atoms with Gasteiger partial charge < -0.3 is 4.74 Å². The first-order valence-corrected chi connectivity index (χ1v) is 6.62. The number of hydrogen-bond donors (Lipinski definition) is 0. The highest BCUT2D eigenvalue weighted by Gasteiger charge is 2.62. The van der Waals surface area contributed by atoms with Gasteiger partial charge in [0.1, 0.15) is 0 Å².